The maximum atomic E-state index is 13.9. The number of amides is 1. The lowest BCUT2D eigenvalue weighted by Gasteiger charge is -2.23. The number of benzene rings is 3. The van der Waals surface area contributed by atoms with E-state index in [1.165, 1.54) is 17.0 Å². The SMILES string of the molecule is CC(C)c1ccc([C@@H]2/C(=C(\O)c3ccc4c(c3)C[C@@H](C)O4)C(=O)C(=O)N2c2nc3ccc(F)cc3s2)cc1. The first-order valence-corrected chi connectivity index (χ1v) is 13.3. The van der Waals surface area contributed by atoms with Crippen molar-refractivity contribution >= 4 is 44.1 Å². The Labute approximate surface area is 223 Å². The molecule has 0 saturated carbocycles. The minimum absolute atomic E-state index is 0.00959. The molecular formula is C30H25FN2O4S. The number of aliphatic hydroxyl groups is 1. The highest BCUT2D eigenvalue weighted by Gasteiger charge is 2.48. The minimum atomic E-state index is -0.898. The summed E-state index contributed by atoms with van der Waals surface area (Å²) >= 11 is 1.13. The average Bonchev–Trinajstić information content (AvgIpc) is 3.55. The fourth-order valence-corrected chi connectivity index (χ4v) is 6.14. The van der Waals surface area contributed by atoms with E-state index in [1.807, 2.05) is 31.2 Å². The minimum Gasteiger partial charge on any atom is -0.507 e. The zero-order chi connectivity index (χ0) is 26.7. The summed E-state index contributed by atoms with van der Waals surface area (Å²) in [4.78, 5) is 32.9. The van der Waals surface area contributed by atoms with Gasteiger partial charge >= 0.3 is 5.91 Å². The second kappa shape index (κ2) is 9.06. The highest BCUT2D eigenvalue weighted by molar-refractivity contribution is 7.22. The third kappa shape index (κ3) is 3.96. The summed E-state index contributed by atoms with van der Waals surface area (Å²) < 4.78 is 20.2. The van der Waals surface area contributed by atoms with Crippen LogP contribution in [0.1, 0.15) is 55.0 Å². The van der Waals surface area contributed by atoms with Gasteiger partial charge in [-0.25, -0.2) is 9.37 Å². The molecule has 2 aliphatic rings. The van der Waals surface area contributed by atoms with Crippen LogP contribution in [0.4, 0.5) is 9.52 Å². The molecule has 192 valence electrons. The third-order valence-corrected chi connectivity index (χ3v) is 8.10. The number of ether oxygens (including phenoxy) is 1. The summed E-state index contributed by atoms with van der Waals surface area (Å²) in [5.41, 5.74) is 3.66. The standard InChI is InChI=1S/C30H25FN2O4S/c1-15(2)17-4-6-18(7-5-17)26-25(27(34)19-8-11-23-20(13-19)12-16(3)37-23)28(35)29(36)33(26)30-32-22-10-9-21(31)14-24(22)38-30/h4-11,13-16,26,34H,12H2,1-3H3/b27-25+/t16-,26-/m1/s1. The number of carbonyl (C=O) groups is 2. The third-order valence-electron chi connectivity index (χ3n) is 7.08. The molecule has 4 aromatic rings. The normalized spacial score (nSPS) is 20.4. The van der Waals surface area contributed by atoms with Gasteiger partial charge in [-0.05, 0) is 65.9 Å². The average molecular weight is 529 g/mol. The largest absolute Gasteiger partial charge is 0.507 e. The number of nitrogens with zero attached hydrogens (tertiary/aromatic N) is 2. The van der Waals surface area contributed by atoms with Crippen molar-refractivity contribution in [2.75, 3.05) is 4.90 Å². The van der Waals surface area contributed by atoms with Crippen LogP contribution in [0.2, 0.25) is 0 Å². The molecule has 0 spiro atoms. The molecule has 38 heavy (non-hydrogen) atoms. The van der Waals surface area contributed by atoms with E-state index in [4.69, 9.17) is 4.74 Å². The van der Waals surface area contributed by atoms with E-state index in [0.717, 1.165) is 28.2 Å². The van der Waals surface area contributed by atoms with Gasteiger partial charge in [0.1, 0.15) is 23.4 Å². The van der Waals surface area contributed by atoms with Gasteiger partial charge in [-0.1, -0.05) is 49.4 Å². The number of anilines is 1. The second-order valence-corrected chi connectivity index (χ2v) is 11.1. The second-order valence-electron chi connectivity index (χ2n) is 10.1. The molecule has 2 atom stereocenters. The Hall–Kier alpha value is -4.04. The Bertz CT molecular complexity index is 1640. The van der Waals surface area contributed by atoms with Crippen LogP contribution in [0.3, 0.4) is 0 Å². The van der Waals surface area contributed by atoms with Crippen LogP contribution in [0.5, 0.6) is 5.75 Å². The predicted molar refractivity (Wildman–Crippen MR) is 145 cm³/mol. The number of fused-ring (bicyclic) bond motifs is 2. The van der Waals surface area contributed by atoms with Crippen LogP contribution in [-0.4, -0.2) is 27.9 Å². The van der Waals surface area contributed by atoms with E-state index in [1.54, 1.807) is 24.3 Å². The molecular weight excluding hydrogens is 503 g/mol. The van der Waals surface area contributed by atoms with Gasteiger partial charge in [0.15, 0.2) is 5.13 Å². The van der Waals surface area contributed by atoms with Crippen LogP contribution in [-0.2, 0) is 16.0 Å². The van der Waals surface area contributed by atoms with Crippen molar-refractivity contribution in [1.82, 2.24) is 4.98 Å². The number of hydrogen-bond acceptors (Lipinski definition) is 6. The summed E-state index contributed by atoms with van der Waals surface area (Å²) in [7, 11) is 0. The fraction of sp³-hybridized carbons (Fsp3) is 0.233. The molecule has 2 aliphatic heterocycles. The molecule has 6 rings (SSSR count). The summed E-state index contributed by atoms with van der Waals surface area (Å²) in [6, 6.07) is 16.2. The van der Waals surface area contributed by atoms with Crippen LogP contribution in [0.15, 0.2) is 66.2 Å². The number of Topliss-reactive ketones (excluding diaryl/α,β-unsaturated/α-hetero) is 1. The van der Waals surface area contributed by atoms with E-state index < -0.39 is 23.5 Å². The van der Waals surface area contributed by atoms with Gasteiger partial charge in [0.05, 0.1) is 21.8 Å². The zero-order valence-electron chi connectivity index (χ0n) is 21.1. The molecule has 0 radical (unpaired) electrons. The quantitative estimate of drug-likeness (QED) is 0.186. The van der Waals surface area contributed by atoms with Crippen LogP contribution in [0.25, 0.3) is 16.0 Å². The van der Waals surface area contributed by atoms with Gasteiger partial charge in [-0.15, -0.1) is 0 Å². The van der Waals surface area contributed by atoms with Crippen molar-refractivity contribution in [2.45, 2.75) is 45.3 Å². The number of rotatable bonds is 4. The number of ketones is 1. The van der Waals surface area contributed by atoms with Crippen molar-refractivity contribution in [3.8, 4) is 5.75 Å². The summed E-state index contributed by atoms with van der Waals surface area (Å²) in [5, 5.41) is 11.8. The van der Waals surface area contributed by atoms with Crippen LogP contribution in [0, 0.1) is 5.82 Å². The lowest BCUT2D eigenvalue weighted by Crippen LogP contribution is -2.29. The molecule has 1 fully saturated rings. The zero-order valence-corrected chi connectivity index (χ0v) is 21.9. The predicted octanol–water partition coefficient (Wildman–Crippen LogP) is 6.51. The van der Waals surface area contributed by atoms with Gasteiger partial charge in [-0.2, -0.15) is 0 Å². The number of carbonyl (C=O) groups excluding carboxylic acids is 2. The van der Waals surface area contributed by atoms with E-state index in [9.17, 15) is 19.1 Å². The Morgan fingerprint density at radius 2 is 1.87 bits per heavy atom. The van der Waals surface area contributed by atoms with E-state index in [0.29, 0.717) is 33.7 Å². The summed E-state index contributed by atoms with van der Waals surface area (Å²) in [6.07, 6.45) is 0.712. The first-order valence-electron chi connectivity index (χ1n) is 12.5. The summed E-state index contributed by atoms with van der Waals surface area (Å²) in [5.74, 6) is -1.20. The first-order chi connectivity index (χ1) is 18.2. The van der Waals surface area contributed by atoms with Crippen LogP contribution < -0.4 is 9.64 Å². The Morgan fingerprint density at radius 1 is 1.11 bits per heavy atom. The maximum absolute atomic E-state index is 13.9. The van der Waals surface area contributed by atoms with Crippen LogP contribution >= 0.6 is 11.3 Å². The van der Waals surface area contributed by atoms with Gasteiger partial charge in [0.25, 0.3) is 5.78 Å². The fourth-order valence-electron chi connectivity index (χ4n) is 5.12. The smallest absolute Gasteiger partial charge is 0.301 e. The molecule has 1 saturated heterocycles. The van der Waals surface area contributed by atoms with E-state index >= 15 is 0 Å². The topological polar surface area (TPSA) is 79.7 Å². The van der Waals surface area contributed by atoms with E-state index in [-0.39, 0.29) is 22.6 Å². The monoisotopic (exact) mass is 528 g/mol. The molecule has 1 amide bonds. The number of halogens is 1. The molecule has 8 heteroatoms. The highest BCUT2D eigenvalue weighted by Crippen LogP contribution is 2.45. The molecule has 0 unspecified atom stereocenters. The van der Waals surface area contributed by atoms with Crippen molar-refractivity contribution < 1.29 is 23.8 Å². The number of aliphatic hydroxyl groups excluding tert-OH is 1. The van der Waals surface area contributed by atoms with Gasteiger partial charge in [-0.3, -0.25) is 14.5 Å². The highest BCUT2D eigenvalue weighted by atomic mass is 32.1. The van der Waals surface area contributed by atoms with Crippen molar-refractivity contribution in [3.05, 3.63) is 94.3 Å². The molecule has 1 aromatic heterocycles. The molecule has 1 N–H and O–H groups in total. The Kier molecular flexibility index (Phi) is 5.79. The van der Waals surface area contributed by atoms with Crippen molar-refractivity contribution in [1.29, 1.82) is 0 Å². The lowest BCUT2D eigenvalue weighted by molar-refractivity contribution is -0.132. The van der Waals surface area contributed by atoms with Crippen molar-refractivity contribution in [3.63, 3.8) is 0 Å². The molecule has 0 bridgehead atoms. The number of hydrogen-bond donors (Lipinski definition) is 1. The maximum Gasteiger partial charge on any atom is 0.301 e. The molecule has 6 nitrogen and oxygen atoms in total. The number of aromatic nitrogens is 1. The Balaban J connectivity index is 1.53. The van der Waals surface area contributed by atoms with Crippen molar-refractivity contribution in [2.24, 2.45) is 0 Å². The van der Waals surface area contributed by atoms with E-state index in [2.05, 4.69) is 18.8 Å². The van der Waals surface area contributed by atoms with Gasteiger partial charge < -0.3 is 9.84 Å². The molecule has 3 aromatic carbocycles. The Morgan fingerprint density at radius 3 is 2.61 bits per heavy atom. The molecule has 0 aliphatic carbocycles. The first kappa shape index (κ1) is 24.3. The summed E-state index contributed by atoms with van der Waals surface area (Å²) in [6.45, 7) is 6.13. The van der Waals surface area contributed by atoms with Gasteiger partial charge in [0.2, 0.25) is 0 Å². The molecule has 3 heterocycles. The van der Waals surface area contributed by atoms with Gasteiger partial charge in [0, 0.05) is 12.0 Å². The number of thiazole rings is 1. The lowest BCUT2D eigenvalue weighted by atomic mass is 9.93.